The summed E-state index contributed by atoms with van der Waals surface area (Å²) in [6, 6.07) is 2.27. The summed E-state index contributed by atoms with van der Waals surface area (Å²) in [5, 5.41) is 10.9. The Morgan fingerprint density at radius 1 is 1.38 bits per heavy atom. The van der Waals surface area contributed by atoms with Crippen molar-refractivity contribution in [2.24, 2.45) is 11.3 Å². The number of aliphatic hydroxyl groups excluding tert-OH is 1. The quantitative estimate of drug-likeness (QED) is 0.830. The topological polar surface area (TPSA) is 76.6 Å². The third-order valence-corrected chi connectivity index (χ3v) is 6.82. The summed E-state index contributed by atoms with van der Waals surface area (Å²) in [7, 11) is 0. The molecular formula is C20H29N3O3. The first-order chi connectivity index (χ1) is 12.3. The number of hydrogen-bond acceptors (Lipinski definition) is 4. The maximum atomic E-state index is 12.2. The van der Waals surface area contributed by atoms with Crippen LogP contribution in [0.15, 0.2) is 17.1 Å². The molecule has 2 fully saturated rings. The van der Waals surface area contributed by atoms with Crippen LogP contribution in [0.5, 0.6) is 0 Å². The van der Waals surface area contributed by atoms with Crippen molar-refractivity contribution in [3.05, 3.63) is 33.7 Å². The molecule has 6 heteroatoms. The summed E-state index contributed by atoms with van der Waals surface area (Å²) in [6.45, 7) is 8.20. The van der Waals surface area contributed by atoms with E-state index in [1.54, 1.807) is 13.1 Å². The Hall–Kier alpha value is -1.66. The second-order valence-corrected chi connectivity index (χ2v) is 8.77. The van der Waals surface area contributed by atoms with E-state index < -0.39 is 6.10 Å². The fourth-order valence-electron chi connectivity index (χ4n) is 5.84. The van der Waals surface area contributed by atoms with Gasteiger partial charge in [0.25, 0.3) is 5.56 Å². The number of likely N-dealkylation sites (tertiary alicyclic amines) is 1. The highest BCUT2D eigenvalue weighted by atomic mass is 16.3. The first-order valence-corrected chi connectivity index (χ1v) is 9.71. The highest BCUT2D eigenvalue weighted by Crippen LogP contribution is 2.54. The first-order valence-electron chi connectivity index (χ1n) is 9.71. The second-order valence-electron chi connectivity index (χ2n) is 8.77. The third kappa shape index (κ3) is 2.62. The number of aliphatic hydroxyl groups is 1. The lowest BCUT2D eigenvalue weighted by Gasteiger charge is -2.58. The van der Waals surface area contributed by atoms with Crippen LogP contribution in [0.2, 0.25) is 0 Å². The number of carbonyl (C=O) groups is 1. The predicted molar refractivity (Wildman–Crippen MR) is 98.7 cm³/mol. The number of amides is 1. The SMILES string of the molecule is CC(=O)N1CC2(C[C@@H](O)[C@H](N3CCc4cc[nH]c(=O)c4C3)C2)C1C(C)C. The Kier molecular flexibility index (Phi) is 4.23. The number of fused-ring (bicyclic) bond motifs is 1. The summed E-state index contributed by atoms with van der Waals surface area (Å²) in [4.78, 5) is 31.1. The van der Waals surface area contributed by atoms with Crippen molar-refractivity contribution in [1.29, 1.82) is 0 Å². The monoisotopic (exact) mass is 359 g/mol. The molecule has 2 aliphatic heterocycles. The summed E-state index contributed by atoms with van der Waals surface area (Å²) < 4.78 is 0. The zero-order chi connectivity index (χ0) is 18.6. The number of H-pyrrole nitrogens is 1. The van der Waals surface area contributed by atoms with Crippen LogP contribution < -0.4 is 5.56 Å². The van der Waals surface area contributed by atoms with E-state index in [0.717, 1.165) is 43.5 Å². The van der Waals surface area contributed by atoms with Crippen molar-refractivity contribution in [3.63, 3.8) is 0 Å². The van der Waals surface area contributed by atoms with Crippen molar-refractivity contribution in [2.75, 3.05) is 13.1 Å². The van der Waals surface area contributed by atoms with Crippen LogP contribution in [0, 0.1) is 11.3 Å². The molecule has 1 saturated carbocycles. The van der Waals surface area contributed by atoms with E-state index in [0.29, 0.717) is 12.5 Å². The Morgan fingerprint density at radius 3 is 2.85 bits per heavy atom. The predicted octanol–water partition coefficient (Wildman–Crippen LogP) is 1.13. The lowest BCUT2D eigenvalue weighted by atomic mass is 9.65. The van der Waals surface area contributed by atoms with Crippen molar-refractivity contribution in [3.8, 4) is 0 Å². The van der Waals surface area contributed by atoms with Gasteiger partial charge in [-0.2, -0.15) is 0 Å². The van der Waals surface area contributed by atoms with E-state index in [1.807, 2.05) is 11.0 Å². The van der Waals surface area contributed by atoms with Gasteiger partial charge >= 0.3 is 0 Å². The molecule has 2 N–H and O–H groups in total. The van der Waals surface area contributed by atoms with Crippen molar-refractivity contribution in [1.82, 2.24) is 14.8 Å². The molecule has 1 aliphatic carbocycles. The van der Waals surface area contributed by atoms with Gasteiger partial charge in [-0.3, -0.25) is 14.5 Å². The maximum Gasteiger partial charge on any atom is 0.252 e. The van der Waals surface area contributed by atoms with Gasteiger partial charge in [0, 0.05) is 55.8 Å². The molecule has 0 aromatic carbocycles. The number of rotatable bonds is 2. The Morgan fingerprint density at radius 2 is 2.15 bits per heavy atom. The molecule has 1 saturated heterocycles. The number of hydrogen-bond donors (Lipinski definition) is 2. The fourth-order valence-corrected chi connectivity index (χ4v) is 5.84. The van der Waals surface area contributed by atoms with Crippen LogP contribution in [-0.4, -0.2) is 57.1 Å². The van der Waals surface area contributed by atoms with E-state index >= 15 is 0 Å². The highest BCUT2D eigenvalue weighted by Gasteiger charge is 2.60. The molecule has 4 rings (SSSR count). The zero-order valence-electron chi connectivity index (χ0n) is 15.9. The van der Waals surface area contributed by atoms with Gasteiger partial charge in [-0.15, -0.1) is 0 Å². The van der Waals surface area contributed by atoms with Crippen LogP contribution in [0.25, 0.3) is 0 Å². The molecule has 2 unspecified atom stereocenters. The average Bonchev–Trinajstić information content (AvgIpc) is 2.91. The molecule has 1 aromatic rings. The van der Waals surface area contributed by atoms with E-state index in [1.165, 1.54) is 0 Å². The van der Waals surface area contributed by atoms with Gasteiger partial charge in [-0.25, -0.2) is 0 Å². The maximum absolute atomic E-state index is 12.2. The molecule has 1 spiro atoms. The second kappa shape index (κ2) is 6.20. The molecular weight excluding hydrogens is 330 g/mol. The molecule has 0 bridgehead atoms. The number of aromatic amines is 1. The van der Waals surface area contributed by atoms with Gasteiger partial charge in [0.2, 0.25) is 5.91 Å². The average molecular weight is 359 g/mol. The Bertz CT molecular complexity index is 774. The molecule has 3 heterocycles. The molecule has 142 valence electrons. The van der Waals surface area contributed by atoms with Crippen LogP contribution >= 0.6 is 0 Å². The fraction of sp³-hybridized carbons (Fsp3) is 0.700. The van der Waals surface area contributed by atoms with Crippen LogP contribution in [0.1, 0.15) is 44.7 Å². The minimum atomic E-state index is -0.394. The lowest BCUT2D eigenvalue weighted by molar-refractivity contribution is -0.158. The molecule has 6 nitrogen and oxygen atoms in total. The molecule has 4 atom stereocenters. The standard InChI is InChI=1S/C20H29N3O3/c1-12(2)18-20(11-23(18)13(3)24)8-16(17(25)9-20)22-7-5-14-4-6-21-19(26)15(14)10-22/h4,6,12,16-18,25H,5,7-11H2,1-3H3,(H,21,26)/t16-,17-,18?,20?/m1/s1. The van der Waals surface area contributed by atoms with Gasteiger partial charge < -0.3 is 15.0 Å². The van der Waals surface area contributed by atoms with E-state index in [9.17, 15) is 14.7 Å². The summed E-state index contributed by atoms with van der Waals surface area (Å²) >= 11 is 0. The van der Waals surface area contributed by atoms with E-state index in [4.69, 9.17) is 0 Å². The molecule has 0 radical (unpaired) electrons. The normalized spacial score (nSPS) is 34.2. The summed E-state index contributed by atoms with van der Waals surface area (Å²) in [5.74, 6) is 0.509. The van der Waals surface area contributed by atoms with Crippen molar-refractivity contribution in [2.45, 2.75) is 64.8 Å². The molecule has 26 heavy (non-hydrogen) atoms. The molecule has 1 amide bonds. The molecule has 1 aromatic heterocycles. The van der Waals surface area contributed by atoms with Gasteiger partial charge in [-0.05, 0) is 36.8 Å². The van der Waals surface area contributed by atoms with Gasteiger partial charge in [0.1, 0.15) is 0 Å². The van der Waals surface area contributed by atoms with Crippen LogP contribution in [-0.2, 0) is 17.8 Å². The highest BCUT2D eigenvalue weighted by molar-refractivity contribution is 5.75. The lowest BCUT2D eigenvalue weighted by Crippen LogP contribution is -2.67. The smallest absolute Gasteiger partial charge is 0.252 e. The van der Waals surface area contributed by atoms with Gasteiger partial charge in [0.15, 0.2) is 0 Å². The van der Waals surface area contributed by atoms with Crippen LogP contribution in [0.4, 0.5) is 0 Å². The number of carbonyl (C=O) groups excluding carboxylic acids is 1. The number of nitrogens with zero attached hydrogens (tertiary/aromatic N) is 2. The number of pyridine rings is 1. The molecule has 3 aliphatic rings. The van der Waals surface area contributed by atoms with Crippen LogP contribution in [0.3, 0.4) is 0 Å². The van der Waals surface area contributed by atoms with Crippen molar-refractivity contribution < 1.29 is 9.90 Å². The van der Waals surface area contributed by atoms with Gasteiger partial charge in [-0.1, -0.05) is 13.8 Å². The zero-order valence-corrected chi connectivity index (χ0v) is 15.9. The largest absolute Gasteiger partial charge is 0.391 e. The Labute approximate surface area is 154 Å². The van der Waals surface area contributed by atoms with Gasteiger partial charge in [0.05, 0.1) is 6.10 Å². The number of aromatic nitrogens is 1. The van der Waals surface area contributed by atoms with Crippen molar-refractivity contribution >= 4 is 5.91 Å². The summed E-state index contributed by atoms with van der Waals surface area (Å²) in [5.41, 5.74) is 1.97. The summed E-state index contributed by atoms with van der Waals surface area (Å²) in [6.07, 6.45) is 3.82. The third-order valence-electron chi connectivity index (χ3n) is 6.82. The number of nitrogens with one attached hydrogen (secondary N) is 1. The minimum absolute atomic E-state index is 0.0131. The van der Waals surface area contributed by atoms with E-state index in [-0.39, 0.29) is 29.0 Å². The van der Waals surface area contributed by atoms with E-state index in [2.05, 4.69) is 23.7 Å². The Balaban J connectivity index is 1.54. The first kappa shape index (κ1) is 17.7. The minimum Gasteiger partial charge on any atom is -0.391 e.